The Kier molecular flexibility index (Phi) is 3.69. The second kappa shape index (κ2) is 4.80. The molecule has 1 atom stereocenters. The minimum absolute atomic E-state index is 0.359. The lowest BCUT2D eigenvalue weighted by atomic mass is 9.96. The van der Waals surface area contributed by atoms with Crippen LogP contribution in [0.4, 0.5) is 0 Å². The molecule has 0 radical (unpaired) electrons. The Morgan fingerprint density at radius 2 is 1.93 bits per heavy atom. The van der Waals surface area contributed by atoms with E-state index in [0.29, 0.717) is 11.5 Å². The lowest BCUT2D eigenvalue weighted by Crippen LogP contribution is -1.98. The highest BCUT2D eigenvalue weighted by Crippen LogP contribution is 2.20. The summed E-state index contributed by atoms with van der Waals surface area (Å²) in [6, 6.07) is 7.15. The van der Waals surface area contributed by atoms with Crippen LogP contribution >= 0.6 is 0 Å². The molecule has 2 heteroatoms. The molecule has 0 aliphatic carbocycles. The van der Waals surface area contributed by atoms with Crippen LogP contribution in [0.15, 0.2) is 24.3 Å². The Morgan fingerprint density at radius 1 is 1.36 bits per heavy atom. The van der Waals surface area contributed by atoms with Gasteiger partial charge in [0.2, 0.25) is 0 Å². The van der Waals surface area contributed by atoms with E-state index < -0.39 is 5.97 Å². The van der Waals surface area contributed by atoms with Crippen LogP contribution in [0.2, 0.25) is 0 Å². The van der Waals surface area contributed by atoms with Gasteiger partial charge in [0.25, 0.3) is 0 Å². The zero-order valence-corrected chi connectivity index (χ0v) is 8.66. The van der Waals surface area contributed by atoms with E-state index in [1.165, 1.54) is 5.56 Å². The van der Waals surface area contributed by atoms with Crippen LogP contribution in [0.25, 0.3) is 0 Å². The summed E-state index contributed by atoms with van der Waals surface area (Å²) < 4.78 is 0. The molecule has 0 heterocycles. The SMILES string of the molecule is CCC[C@H](C)c1ccc(C(=O)O)cc1. The van der Waals surface area contributed by atoms with Crippen molar-refractivity contribution in [2.45, 2.75) is 32.6 Å². The Bertz CT molecular complexity index is 301. The van der Waals surface area contributed by atoms with Crippen LogP contribution in [0.3, 0.4) is 0 Å². The molecule has 0 aliphatic heterocycles. The molecule has 0 aliphatic rings. The topological polar surface area (TPSA) is 37.3 Å². The summed E-state index contributed by atoms with van der Waals surface area (Å²) in [4.78, 5) is 10.6. The summed E-state index contributed by atoms with van der Waals surface area (Å²) in [7, 11) is 0. The van der Waals surface area contributed by atoms with Gasteiger partial charge in [-0.2, -0.15) is 0 Å². The highest BCUT2D eigenvalue weighted by molar-refractivity contribution is 5.87. The molecule has 2 nitrogen and oxygen atoms in total. The predicted octanol–water partition coefficient (Wildman–Crippen LogP) is 3.29. The molecule has 14 heavy (non-hydrogen) atoms. The van der Waals surface area contributed by atoms with Crippen LogP contribution in [-0.2, 0) is 0 Å². The number of carboxylic acids is 1. The predicted molar refractivity (Wildman–Crippen MR) is 56.7 cm³/mol. The van der Waals surface area contributed by atoms with Gasteiger partial charge in [0.1, 0.15) is 0 Å². The van der Waals surface area contributed by atoms with Crippen molar-refractivity contribution in [1.82, 2.24) is 0 Å². The molecule has 1 rings (SSSR count). The van der Waals surface area contributed by atoms with E-state index in [-0.39, 0.29) is 0 Å². The van der Waals surface area contributed by atoms with E-state index in [2.05, 4.69) is 13.8 Å². The van der Waals surface area contributed by atoms with E-state index in [0.717, 1.165) is 12.8 Å². The van der Waals surface area contributed by atoms with E-state index in [9.17, 15) is 4.79 Å². The molecule has 0 spiro atoms. The third-order valence-electron chi connectivity index (χ3n) is 2.45. The average molecular weight is 192 g/mol. The number of hydrogen-bond donors (Lipinski definition) is 1. The van der Waals surface area contributed by atoms with Crippen LogP contribution in [0.1, 0.15) is 48.5 Å². The van der Waals surface area contributed by atoms with Gasteiger partial charge in [-0.3, -0.25) is 0 Å². The fourth-order valence-electron chi connectivity index (χ4n) is 1.55. The normalized spacial score (nSPS) is 12.4. The van der Waals surface area contributed by atoms with Crippen LogP contribution in [-0.4, -0.2) is 11.1 Å². The van der Waals surface area contributed by atoms with Crippen LogP contribution in [0, 0.1) is 0 Å². The van der Waals surface area contributed by atoms with E-state index in [1.54, 1.807) is 12.1 Å². The molecular formula is C12H16O2. The van der Waals surface area contributed by atoms with Crippen LogP contribution in [0.5, 0.6) is 0 Å². The lowest BCUT2D eigenvalue weighted by Gasteiger charge is -2.10. The molecule has 1 N–H and O–H groups in total. The van der Waals surface area contributed by atoms with Crippen LogP contribution < -0.4 is 0 Å². The lowest BCUT2D eigenvalue weighted by molar-refractivity contribution is 0.0697. The van der Waals surface area contributed by atoms with Gasteiger partial charge in [-0.1, -0.05) is 32.4 Å². The fourth-order valence-corrected chi connectivity index (χ4v) is 1.55. The highest BCUT2D eigenvalue weighted by Gasteiger charge is 2.06. The van der Waals surface area contributed by atoms with E-state index in [1.807, 2.05) is 12.1 Å². The summed E-state index contributed by atoms with van der Waals surface area (Å²) in [5.74, 6) is -0.345. The smallest absolute Gasteiger partial charge is 0.335 e. The van der Waals surface area contributed by atoms with Crippen molar-refractivity contribution in [2.24, 2.45) is 0 Å². The van der Waals surface area contributed by atoms with Gasteiger partial charge < -0.3 is 5.11 Å². The van der Waals surface area contributed by atoms with Crippen molar-refractivity contribution < 1.29 is 9.90 Å². The molecule has 1 aromatic carbocycles. The van der Waals surface area contributed by atoms with Crippen molar-refractivity contribution in [2.75, 3.05) is 0 Å². The average Bonchev–Trinajstić information content (AvgIpc) is 2.18. The Morgan fingerprint density at radius 3 is 2.36 bits per heavy atom. The number of carboxylic acid groups (broad SMARTS) is 1. The first-order valence-electron chi connectivity index (χ1n) is 4.98. The molecule has 0 saturated carbocycles. The maximum Gasteiger partial charge on any atom is 0.335 e. The van der Waals surface area contributed by atoms with Crippen molar-refractivity contribution in [3.8, 4) is 0 Å². The minimum atomic E-state index is -0.861. The monoisotopic (exact) mass is 192 g/mol. The summed E-state index contributed by atoms with van der Waals surface area (Å²) in [5.41, 5.74) is 1.58. The zero-order chi connectivity index (χ0) is 10.6. The summed E-state index contributed by atoms with van der Waals surface area (Å²) in [5, 5.41) is 8.72. The molecule has 0 amide bonds. The minimum Gasteiger partial charge on any atom is -0.478 e. The molecule has 0 unspecified atom stereocenters. The third-order valence-corrected chi connectivity index (χ3v) is 2.45. The summed E-state index contributed by atoms with van der Waals surface area (Å²) in [6.07, 6.45) is 2.30. The second-order valence-corrected chi connectivity index (χ2v) is 3.62. The maximum atomic E-state index is 10.6. The molecule has 0 aromatic heterocycles. The molecular weight excluding hydrogens is 176 g/mol. The number of aromatic carboxylic acids is 1. The van der Waals surface area contributed by atoms with E-state index in [4.69, 9.17) is 5.11 Å². The number of benzene rings is 1. The number of carbonyl (C=O) groups is 1. The standard InChI is InChI=1S/C12H16O2/c1-3-4-9(2)10-5-7-11(8-6-10)12(13)14/h5-9H,3-4H2,1-2H3,(H,13,14)/t9-/m0/s1. The van der Waals surface area contributed by atoms with Crippen molar-refractivity contribution in [1.29, 1.82) is 0 Å². The maximum absolute atomic E-state index is 10.6. The third kappa shape index (κ3) is 2.59. The summed E-state index contributed by atoms with van der Waals surface area (Å²) >= 11 is 0. The first-order chi connectivity index (χ1) is 6.65. The van der Waals surface area contributed by atoms with Crippen molar-refractivity contribution in [3.63, 3.8) is 0 Å². The largest absolute Gasteiger partial charge is 0.478 e. The van der Waals surface area contributed by atoms with Gasteiger partial charge >= 0.3 is 5.97 Å². The Labute approximate surface area is 84.6 Å². The highest BCUT2D eigenvalue weighted by atomic mass is 16.4. The van der Waals surface area contributed by atoms with Gasteiger partial charge in [-0.25, -0.2) is 4.79 Å². The molecule has 1 aromatic rings. The molecule has 0 fully saturated rings. The number of hydrogen-bond acceptors (Lipinski definition) is 1. The quantitative estimate of drug-likeness (QED) is 0.794. The Balaban J connectivity index is 2.77. The van der Waals surface area contributed by atoms with Gasteiger partial charge in [0.05, 0.1) is 5.56 Å². The van der Waals surface area contributed by atoms with Gasteiger partial charge in [0.15, 0.2) is 0 Å². The molecule has 0 bridgehead atoms. The first kappa shape index (κ1) is 10.8. The molecule has 0 saturated heterocycles. The van der Waals surface area contributed by atoms with E-state index >= 15 is 0 Å². The first-order valence-corrected chi connectivity index (χ1v) is 4.98. The second-order valence-electron chi connectivity index (χ2n) is 3.62. The van der Waals surface area contributed by atoms with Gasteiger partial charge in [-0.15, -0.1) is 0 Å². The Hall–Kier alpha value is -1.31. The van der Waals surface area contributed by atoms with Gasteiger partial charge in [-0.05, 0) is 30.0 Å². The zero-order valence-electron chi connectivity index (χ0n) is 8.66. The van der Waals surface area contributed by atoms with Crippen molar-refractivity contribution >= 4 is 5.97 Å². The fraction of sp³-hybridized carbons (Fsp3) is 0.417. The summed E-state index contributed by atoms with van der Waals surface area (Å²) in [6.45, 7) is 4.32. The molecule has 76 valence electrons. The van der Waals surface area contributed by atoms with Crippen molar-refractivity contribution in [3.05, 3.63) is 35.4 Å². The number of rotatable bonds is 4. The van der Waals surface area contributed by atoms with Gasteiger partial charge in [0, 0.05) is 0 Å².